The van der Waals surface area contributed by atoms with Gasteiger partial charge in [0.05, 0.1) is 29.2 Å². The van der Waals surface area contributed by atoms with Crippen molar-refractivity contribution in [1.29, 1.82) is 5.26 Å². The van der Waals surface area contributed by atoms with E-state index in [9.17, 15) is 14.4 Å². The van der Waals surface area contributed by atoms with Gasteiger partial charge in [-0.2, -0.15) is 5.26 Å². The molecule has 0 saturated carbocycles. The third kappa shape index (κ3) is 3.19. The lowest BCUT2D eigenvalue weighted by Crippen LogP contribution is -2.47. The van der Waals surface area contributed by atoms with Crippen molar-refractivity contribution >= 4 is 23.4 Å². The number of hydrogen-bond donors (Lipinski definition) is 0. The van der Waals surface area contributed by atoms with Gasteiger partial charge in [0.1, 0.15) is 5.82 Å². The summed E-state index contributed by atoms with van der Waals surface area (Å²) in [7, 11) is 0. The molecule has 1 atom stereocenters. The Morgan fingerprint density at radius 3 is 2.78 bits per heavy atom. The van der Waals surface area contributed by atoms with Crippen LogP contribution in [-0.4, -0.2) is 23.4 Å². The first kappa shape index (κ1) is 17.6. The van der Waals surface area contributed by atoms with E-state index in [2.05, 4.69) is 17.0 Å². The van der Waals surface area contributed by atoms with Crippen molar-refractivity contribution in [2.24, 2.45) is 0 Å². The molecule has 0 radical (unpaired) electrons. The number of carbonyl (C=O) groups is 1. The van der Waals surface area contributed by atoms with Crippen LogP contribution in [0.3, 0.4) is 0 Å². The highest BCUT2D eigenvalue weighted by Gasteiger charge is 2.39. The van der Waals surface area contributed by atoms with Crippen LogP contribution in [0.4, 0.5) is 10.1 Å². The third-order valence-corrected chi connectivity index (χ3v) is 6.10. The van der Waals surface area contributed by atoms with Crippen molar-refractivity contribution in [2.45, 2.75) is 19.3 Å². The van der Waals surface area contributed by atoms with Crippen LogP contribution in [0, 0.1) is 24.1 Å². The van der Waals surface area contributed by atoms with Crippen molar-refractivity contribution in [1.82, 2.24) is 4.90 Å². The molecule has 2 aliphatic rings. The lowest BCUT2D eigenvalue weighted by Gasteiger charge is -2.42. The monoisotopic (exact) mass is 379 g/mol. The summed E-state index contributed by atoms with van der Waals surface area (Å²) in [5.41, 5.74) is 3.09. The van der Waals surface area contributed by atoms with Gasteiger partial charge in [-0.3, -0.25) is 9.69 Å². The van der Waals surface area contributed by atoms with Crippen molar-refractivity contribution < 1.29 is 9.18 Å². The Morgan fingerprint density at radius 2 is 2.04 bits per heavy atom. The molecule has 0 N–H and O–H groups in total. The first-order valence-corrected chi connectivity index (χ1v) is 9.70. The van der Waals surface area contributed by atoms with E-state index in [4.69, 9.17) is 0 Å². The van der Waals surface area contributed by atoms with Crippen molar-refractivity contribution in [3.63, 3.8) is 0 Å². The minimum Gasteiger partial charge on any atom is -0.344 e. The summed E-state index contributed by atoms with van der Waals surface area (Å²) in [6, 6.07) is 16.8. The van der Waals surface area contributed by atoms with Crippen LogP contribution in [0.15, 0.2) is 59.1 Å². The molecule has 0 spiro atoms. The molecule has 0 aliphatic carbocycles. The number of rotatable bonds is 2. The van der Waals surface area contributed by atoms with E-state index >= 15 is 0 Å². The molecule has 2 aromatic rings. The second-order valence-electron chi connectivity index (χ2n) is 6.72. The normalized spacial score (nSPS) is 19.7. The molecule has 1 saturated heterocycles. The van der Waals surface area contributed by atoms with Gasteiger partial charge in [0, 0.05) is 18.0 Å². The number of fused-ring (bicyclic) bond motifs is 1. The van der Waals surface area contributed by atoms with Gasteiger partial charge in [-0.15, -0.1) is 0 Å². The zero-order chi connectivity index (χ0) is 19.0. The molecule has 0 bridgehead atoms. The molecule has 1 amide bonds. The van der Waals surface area contributed by atoms with E-state index in [0.717, 1.165) is 11.3 Å². The number of thioether (sulfide) groups is 1. The Balaban J connectivity index is 1.69. The molecule has 4 rings (SSSR count). The fourth-order valence-corrected chi connectivity index (χ4v) is 4.74. The van der Waals surface area contributed by atoms with Gasteiger partial charge in [0.25, 0.3) is 0 Å². The summed E-state index contributed by atoms with van der Waals surface area (Å²) in [6.45, 7) is 2.44. The standard InChI is InChI=1S/C21H18FN3OS/c1-14-5-4-6-15(9-14)24-12-25-20(26)10-17(16-7-2-3-8-19(16)22)18(11-23)21(25)27-13-24/h2-9,17H,10,12-13H2,1H3. The van der Waals surface area contributed by atoms with Crippen LogP contribution < -0.4 is 4.90 Å². The van der Waals surface area contributed by atoms with Crippen LogP contribution in [0.2, 0.25) is 0 Å². The van der Waals surface area contributed by atoms with Crippen molar-refractivity contribution in [3.8, 4) is 6.07 Å². The number of benzene rings is 2. The number of anilines is 1. The average Bonchev–Trinajstić information content (AvgIpc) is 2.68. The molecule has 0 aromatic heterocycles. The highest BCUT2D eigenvalue weighted by molar-refractivity contribution is 8.03. The Kier molecular flexibility index (Phi) is 4.63. The fourth-order valence-electron chi connectivity index (χ4n) is 3.57. The smallest absolute Gasteiger partial charge is 0.229 e. The van der Waals surface area contributed by atoms with Gasteiger partial charge in [-0.1, -0.05) is 42.1 Å². The van der Waals surface area contributed by atoms with E-state index in [1.807, 2.05) is 25.1 Å². The molecule has 1 fully saturated rings. The van der Waals surface area contributed by atoms with E-state index in [0.29, 0.717) is 28.7 Å². The van der Waals surface area contributed by atoms with E-state index in [-0.39, 0.29) is 18.1 Å². The minimum atomic E-state index is -0.520. The number of nitrogens with zero attached hydrogens (tertiary/aromatic N) is 3. The van der Waals surface area contributed by atoms with Crippen LogP contribution in [-0.2, 0) is 4.79 Å². The van der Waals surface area contributed by atoms with Crippen molar-refractivity contribution in [2.75, 3.05) is 17.4 Å². The number of carbonyl (C=O) groups excluding carboxylic acids is 1. The van der Waals surface area contributed by atoms with Crippen LogP contribution >= 0.6 is 11.8 Å². The lowest BCUT2D eigenvalue weighted by molar-refractivity contribution is -0.129. The maximum atomic E-state index is 14.3. The number of allylic oxidation sites excluding steroid dienone is 1. The minimum absolute atomic E-state index is 0.0814. The quantitative estimate of drug-likeness (QED) is 0.778. The molecule has 2 aliphatic heterocycles. The predicted molar refractivity (Wildman–Crippen MR) is 104 cm³/mol. The van der Waals surface area contributed by atoms with Gasteiger partial charge >= 0.3 is 0 Å². The zero-order valence-corrected chi connectivity index (χ0v) is 15.7. The average molecular weight is 379 g/mol. The van der Waals surface area contributed by atoms with Crippen LogP contribution in [0.1, 0.15) is 23.5 Å². The topological polar surface area (TPSA) is 47.3 Å². The van der Waals surface area contributed by atoms with E-state index < -0.39 is 5.92 Å². The Hall–Kier alpha value is -2.78. The molecule has 1 unspecified atom stereocenters. The summed E-state index contributed by atoms with van der Waals surface area (Å²) >= 11 is 1.46. The number of halogens is 1. The van der Waals surface area contributed by atoms with Gasteiger partial charge in [0.2, 0.25) is 5.91 Å². The van der Waals surface area contributed by atoms with Gasteiger partial charge in [0.15, 0.2) is 0 Å². The molecule has 4 nitrogen and oxygen atoms in total. The van der Waals surface area contributed by atoms with Gasteiger partial charge in [-0.25, -0.2) is 4.39 Å². The summed E-state index contributed by atoms with van der Waals surface area (Å²) < 4.78 is 14.3. The largest absolute Gasteiger partial charge is 0.344 e. The number of aryl methyl sites for hydroxylation is 1. The fraction of sp³-hybridized carbons (Fsp3) is 0.238. The number of amides is 1. The van der Waals surface area contributed by atoms with E-state index in [1.165, 1.54) is 17.8 Å². The van der Waals surface area contributed by atoms with Crippen LogP contribution in [0.5, 0.6) is 0 Å². The molecule has 2 heterocycles. The predicted octanol–water partition coefficient (Wildman–Crippen LogP) is 4.35. The molecule has 136 valence electrons. The maximum Gasteiger partial charge on any atom is 0.229 e. The first-order chi connectivity index (χ1) is 13.1. The molecule has 6 heteroatoms. The summed E-state index contributed by atoms with van der Waals surface area (Å²) in [5.74, 6) is -0.341. The number of hydrogen-bond acceptors (Lipinski definition) is 4. The molecule has 2 aromatic carbocycles. The lowest BCUT2D eigenvalue weighted by atomic mass is 9.86. The second kappa shape index (κ2) is 7.09. The molecule has 27 heavy (non-hydrogen) atoms. The van der Waals surface area contributed by atoms with Gasteiger partial charge < -0.3 is 4.90 Å². The van der Waals surface area contributed by atoms with Crippen molar-refractivity contribution in [3.05, 3.63) is 76.1 Å². The Morgan fingerprint density at radius 1 is 1.22 bits per heavy atom. The Labute approximate surface area is 161 Å². The third-order valence-electron chi connectivity index (χ3n) is 4.94. The first-order valence-electron chi connectivity index (χ1n) is 8.72. The SMILES string of the molecule is Cc1cccc(N2CSC3=C(C#N)C(c4ccccc4F)CC(=O)N3C2)c1. The second-order valence-corrected chi connectivity index (χ2v) is 7.66. The molecular weight excluding hydrogens is 361 g/mol. The Bertz CT molecular complexity index is 981. The summed E-state index contributed by atoms with van der Waals surface area (Å²) in [4.78, 5) is 16.6. The maximum absolute atomic E-state index is 14.3. The summed E-state index contributed by atoms with van der Waals surface area (Å²) in [6.07, 6.45) is 0.107. The molecular formula is C21H18FN3OS. The van der Waals surface area contributed by atoms with Gasteiger partial charge in [-0.05, 0) is 36.2 Å². The zero-order valence-electron chi connectivity index (χ0n) is 14.9. The highest BCUT2D eigenvalue weighted by Crippen LogP contribution is 2.43. The van der Waals surface area contributed by atoms with Crippen LogP contribution in [0.25, 0.3) is 0 Å². The van der Waals surface area contributed by atoms with E-state index in [1.54, 1.807) is 23.1 Å². The summed E-state index contributed by atoms with van der Waals surface area (Å²) in [5, 5.41) is 10.4. The number of nitriles is 1. The highest BCUT2D eigenvalue weighted by atomic mass is 32.2.